The summed E-state index contributed by atoms with van der Waals surface area (Å²) < 4.78 is 48.7. The second kappa shape index (κ2) is 23.3. The summed E-state index contributed by atoms with van der Waals surface area (Å²) in [5.74, 6) is -0.746. The van der Waals surface area contributed by atoms with E-state index in [4.69, 9.17) is 37.9 Å². The van der Waals surface area contributed by atoms with E-state index in [-0.39, 0.29) is 40.9 Å². The van der Waals surface area contributed by atoms with Gasteiger partial charge in [-0.1, -0.05) is 46.8 Å². The van der Waals surface area contributed by atoms with Gasteiger partial charge in [-0.2, -0.15) is 0 Å². The van der Waals surface area contributed by atoms with Crippen LogP contribution in [0.3, 0.4) is 0 Å². The van der Waals surface area contributed by atoms with Gasteiger partial charge in [0.05, 0.1) is 49.8 Å². The van der Waals surface area contributed by atoms with Crippen molar-refractivity contribution in [2.24, 2.45) is 45.3 Å². The van der Waals surface area contributed by atoms with E-state index in [9.17, 15) is 81.7 Å². The molecule has 8 rings (SSSR count). The lowest BCUT2D eigenvalue weighted by Crippen LogP contribution is -2.68. The summed E-state index contributed by atoms with van der Waals surface area (Å²) in [6, 6.07) is 0. The quantitative estimate of drug-likeness (QED) is 0.0534. The lowest BCUT2D eigenvalue weighted by atomic mass is 9.35. The molecule has 8 fully saturated rings. The van der Waals surface area contributed by atoms with Crippen LogP contribution in [-0.2, 0) is 37.9 Å². The van der Waals surface area contributed by atoms with Crippen LogP contribution in [0.5, 0.6) is 0 Å². The van der Waals surface area contributed by atoms with Crippen molar-refractivity contribution in [2.45, 2.75) is 253 Å². The molecule has 0 bridgehead atoms. The van der Waals surface area contributed by atoms with E-state index in [1.54, 1.807) is 26.0 Å². The fourth-order valence-corrected chi connectivity index (χ4v) is 16.1. The largest absolute Gasteiger partial charge is 0.394 e. The molecule has 30 atom stereocenters. The second-order valence-corrected chi connectivity index (χ2v) is 26.2. The van der Waals surface area contributed by atoms with Crippen molar-refractivity contribution in [3.63, 3.8) is 0 Å². The fourth-order valence-electron chi connectivity index (χ4n) is 16.1. The maximum Gasteiger partial charge on any atom is 0.187 e. The van der Waals surface area contributed by atoms with E-state index in [1.165, 1.54) is 0 Å². The smallest absolute Gasteiger partial charge is 0.187 e. The van der Waals surface area contributed by atoms with Gasteiger partial charge in [0.2, 0.25) is 0 Å². The van der Waals surface area contributed by atoms with Gasteiger partial charge in [-0.15, -0.1) is 0 Å². The number of hydrogen-bond donors (Lipinski definition) is 16. The summed E-state index contributed by atoms with van der Waals surface area (Å²) in [6.07, 6.45) is -25.7. The number of aliphatic hydroxyl groups is 16. The second-order valence-electron chi connectivity index (χ2n) is 26.2. The number of rotatable bonds is 16. The average molecular weight is 1130 g/mol. The molecule has 78 heavy (non-hydrogen) atoms. The van der Waals surface area contributed by atoms with E-state index in [0.717, 1.165) is 12.8 Å². The number of ether oxygens (including phenoxy) is 8. The monoisotopic (exact) mass is 1120 g/mol. The van der Waals surface area contributed by atoms with E-state index in [1.807, 2.05) is 6.92 Å². The Bertz CT molecular complexity index is 2030. The highest BCUT2D eigenvalue weighted by molar-refractivity contribution is 5.21. The molecule has 0 spiro atoms. The van der Waals surface area contributed by atoms with Gasteiger partial charge in [0.1, 0.15) is 97.7 Å². The summed E-state index contributed by atoms with van der Waals surface area (Å²) in [5.41, 5.74) is -4.24. The van der Waals surface area contributed by atoms with Crippen molar-refractivity contribution in [1.82, 2.24) is 0 Å². The Labute approximate surface area is 455 Å². The van der Waals surface area contributed by atoms with Crippen LogP contribution in [0.15, 0.2) is 12.2 Å². The highest BCUT2D eigenvalue weighted by Gasteiger charge is 2.72. The van der Waals surface area contributed by atoms with Gasteiger partial charge < -0.3 is 120 Å². The maximum absolute atomic E-state index is 12.8. The van der Waals surface area contributed by atoms with E-state index in [2.05, 4.69) is 34.6 Å². The van der Waals surface area contributed by atoms with Crippen LogP contribution in [-0.4, -0.2) is 254 Å². The molecule has 0 amide bonds. The van der Waals surface area contributed by atoms with Crippen molar-refractivity contribution in [1.29, 1.82) is 0 Å². The predicted molar refractivity (Wildman–Crippen MR) is 268 cm³/mol. The zero-order chi connectivity index (χ0) is 57.6. The molecule has 4 aliphatic carbocycles. The molecule has 0 aromatic rings. The predicted octanol–water partition coefficient (Wildman–Crippen LogP) is -3.23. The Morgan fingerprint density at radius 2 is 1.03 bits per heavy atom. The topological polar surface area (TPSA) is 398 Å². The minimum absolute atomic E-state index is 0.00485. The van der Waals surface area contributed by atoms with Gasteiger partial charge in [0.25, 0.3) is 0 Å². The molecule has 0 unspecified atom stereocenters. The Kier molecular flexibility index (Phi) is 18.8. The van der Waals surface area contributed by atoms with Crippen molar-refractivity contribution >= 4 is 0 Å². The number of hydrogen-bond acceptors (Lipinski definition) is 24. The minimum atomic E-state index is -1.83. The Hall–Kier alpha value is -1.22. The molecule has 4 aliphatic heterocycles. The molecule has 16 N–H and O–H groups in total. The Morgan fingerprint density at radius 1 is 0.526 bits per heavy atom. The zero-order valence-electron chi connectivity index (χ0n) is 46.1. The highest BCUT2D eigenvalue weighted by atomic mass is 16.8. The third-order valence-electron chi connectivity index (χ3n) is 20.7. The van der Waals surface area contributed by atoms with Crippen LogP contribution in [0, 0.1) is 45.3 Å². The molecule has 24 heteroatoms. The van der Waals surface area contributed by atoms with E-state index >= 15 is 0 Å². The number of fused-ring (bicyclic) bond motifs is 5. The van der Waals surface area contributed by atoms with Crippen molar-refractivity contribution < 1.29 is 120 Å². The van der Waals surface area contributed by atoms with Crippen LogP contribution < -0.4 is 0 Å². The first-order valence-corrected chi connectivity index (χ1v) is 28.0. The average Bonchev–Trinajstić information content (AvgIpc) is 3.95. The maximum atomic E-state index is 12.8. The van der Waals surface area contributed by atoms with Crippen LogP contribution in [0.25, 0.3) is 0 Å². The lowest BCUT2D eigenvalue weighted by molar-refractivity contribution is -0.378. The summed E-state index contributed by atoms with van der Waals surface area (Å²) in [5, 5.41) is 173. The third kappa shape index (κ3) is 11.1. The Morgan fingerprint density at radius 3 is 1.60 bits per heavy atom. The molecular weight excluding hydrogens is 1030 g/mol. The SMILES string of the molecule is CC(C)(O)C=CC[C@](C)(O[C@@H]1O[C@H](CO[C@@H]2O[C@H](CO)[C@@H](O)[C@H](O)[C@H]2O)[C@@H](O)[C@H](O)[C@H]1O)[C@H]1CC[C@]2(C)[C@@H]1[C@H](O)C[C@@H]1[C@@]3(C)CC[C@H](O[C@@H]4O[C@H](CO)[C@@H](O)[C@H](O)[C@H]4O[C@@H]4O[C@H](CO)[C@@H](O)[C@H](O)[C@H]4O)C(C)(C)[C@@H]3CC[C@]12C. The molecule has 0 radical (unpaired) electrons. The molecule has 4 heterocycles. The summed E-state index contributed by atoms with van der Waals surface area (Å²) in [7, 11) is 0. The van der Waals surface area contributed by atoms with Crippen molar-refractivity contribution in [2.75, 3.05) is 26.4 Å². The van der Waals surface area contributed by atoms with Crippen molar-refractivity contribution in [3.05, 3.63) is 12.2 Å². The Balaban J connectivity index is 1.02. The summed E-state index contributed by atoms with van der Waals surface area (Å²) in [6.45, 7) is 13.5. The normalized spacial score (nSPS) is 52.6. The molecule has 0 aromatic carbocycles. The highest BCUT2D eigenvalue weighted by Crippen LogP contribution is 2.76. The van der Waals surface area contributed by atoms with Gasteiger partial charge in [0.15, 0.2) is 25.2 Å². The van der Waals surface area contributed by atoms with Crippen LogP contribution in [0.4, 0.5) is 0 Å². The summed E-state index contributed by atoms with van der Waals surface area (Å²) >= 11 is 0. The van der Waals surface area contributed by atoms with Gasteiger partial charge >= 0.3 is 0 Å². The lowest BCUT2D eigenvalue weighted by Gasteiger charge is -2.71. The van der Waals surface area contributed by atoms with Gasteiger partial charge in [-0.25, -0.2) is 0 Å². The molecule has 4 saturated carbocycles. The van der Waals surface area contributed by atoms with E-state index in [0.29, 0.717) is 32.1 Å². The van der Waals surface area contributed by atoms with Crippen LogP contribution in [0.2, 0.25) is 0 Å². The fraction of sp³-hybridized carbons (Fsp3) is 0.963. The minimum Gasteiger partial charge on any atom is -0.394 e. The first-order valence-electron chi connectivity index (χ1n) is 28.0. The first kappa shape index (κ1) is 62.8. The molecule has 4 saturated heterocycles. The third-order valence-corrected chi connectivity index (χ3v) is 20.7. The van der Waals surface area contributed by atoms with Crippen LogP contribution >= 0.6 is 0 Å². The number of aliphatic hydroxyl groups excluding tert-OH is 15. The van der Waals surface area contributed by atoms with Crippen LogP contribution in [0.1, 0.15) is 107 Å². The molecule has 8 aliphatic rings. The van der Waals surface area contributed by atoms with Gasteiger partial charge in [-0.3, -0.25) is 0 Å². The molecule has 452 valence electrons. The van der Waals surface area contributed by atoms with Gasteiger partial charge in [0, 0.05) is 0 Å². The van der Waals surface area contributed by atoms with E-state index < -0.39 is 183 Å². The molecule has 0 aromatic heterocycles. The van der Waals surface area contributed by atoms with Crippen molar-refractivity contribution in [3.8, 4) is 0 Å². The first-order chi connectivity index (χ1) is 36.3. The standard InChI is InChI=1S/C54H92O24/c1-49(2,70)13-9-14-54(8,78-47-43(69)39(65)36(62)28(75-47)22-71-45-41(67)37(63)33(59)25(19-55)72-45)23-10-16-53(7)32(23)24(58)18-30-51(5)15-12-31(50(3,4)29(51)11-17-52(30,53)6)76-48-44(40(66)35(61)27(21-57)74-48)77-46-42(68)38(64)34(60)26(20-56)73-46/h9,13,23-48,55-70H,10-12,14-22H2,1-8H3/t23-,24+,25+,26+,27+,28+,29-,30+,31-,32-,33+,34+,35+,36+,37-,38-,39-,40-,41+,42+,43+,44+,45+,46-,47-,48-,51-,52+,53+,54-/m0/s1. The molecular formula is C54H92O24. The molecule has 24 nitrogen and oxygen atoms in total. The zero-order valence-corrected chi connectivity index (χ0v) is 46.1. The summed E-state index contributed by atoms with van der Waals surface area (Å²) in [4.78, 5) is 0. The van der Waals surface area contributed by atoms with Gasteiger partial charge in [-0.05, 0) is 117 Å².